The van der Waals surface area contributed by atoms with Crippen LogP contribution >= 0.6 is 0 Å². The number of esters is 1. The molecule has 156 valence electrons. The summed E-state index contributed by atoms with van der Waals surface area (Å²) in [6.07, 6.45) is 3.79. The second kappa shape index (κ2) is 9.83. The summed E-state index contributed by atoms with van der Waals surface area (Å²) in [4.78, 5) is 25.1. The standard InChI is InChI=1S/C25H26O5/c26-22-17-21(29-24-13-7-8-14-28-24)15-20(22)16-23(27)30-25(18-9-3-1-4-10-18)19-11-5-2-6-12-19/h1-6,9-12,15,21,24-25H,7-8,13-14,16-17H2/t21-,24?/m1/s1. The fraction of sp³-hybridized carbons (Fsp3) is 0.360. The molecule has 0 saturated carbocycles. The van der Waals surface area contributed by atoms with Gasteiger partial charge in [-0.25, -0.2) is 0 Å². The quantitative estimate of drug-likeness (QED) is 0.633. The molecule has 1 heterocycles. The molecule has 4 rings (SSSR count). The SMILES string of the molecule is O=C(CC1=C[C@@H](OC2CCCCO2)CC1=O)OC(c1ccccc1)c1ccccc1. The van der Waals surface area contributed by atoms with Gasteiger partial charge in [-0.1, -0.05) is 60.7 Å². The van der Waals surface area contributed by atoms with Crippen molar-refractivity contribution in [2.45, 2.75) is 50.6 Å². The van der Waals surface area contributed by atoms with Gasteiger partial charge in [0.25, 0.3) is 0 Å². The molecule has 2 aromatic rings. The van der Waals surface area contributed by atoms with Crippen molar-refractivity contribution < 1.29 is 23.8 Å². The molecule has 2 atom stereocenters. The van der Waals surface area contributed by atoms with E-state index in [-0.39, 0.29) is 31.0 Å². The molecule has 1 aliphatic heterocycles. The highest BCUT2D eigenvalue weighted by Crippen LogP contribution is 2.29. The van der Waals surface area contributed by atoms with Gasteiger partial charge in [-0.15, -0.1) is 0 Å². The summed E-state index contributed by atoms with van der Waals surface area (Å²) in [5, 5.41) is 0. The van der Waals surface area contributed by atoms with Gasteiger partial charge in [-0.3, -0.25) is 9.59 Å². The Balaban J connectivity index is 1.41. The molecule has 5 heteroatoms. The Kier molecular flexibility index (Phi) is 6.72. The van der Waals surface area contributed by atoms with E-state index >= 15 is 0 Å². The molecule has 0 amide bonds. The molecule has 0 N–H and O–H groups in total. The Hall–Kier alpha value is -2.76. The third-order valence-corrected chi connectivity index (χ3v) is 5.39. The first-order valence-corrected chi connectivity index (χ1v) is 10.5. The van der Waals surface area contributed by atoms with Crippen molar-refractivity contribution in [3.63, 3.8) is 0 Å². The Bertz CT molecular complexity index is 845. The van der Waals surface area contributed by atoms with Gasteiger partial charge < -0.3 is 14.2 Å². The number of ketones is 1. The van der Waals surface area contributed by atoms with Gasteiger partial charge in [0, 0.05) is 18.6 Å². The van der Waals surface area contributed by atoms with E-state index in [2.05, 4.69) is 0 Å². The van der Waals surface area contributed by atoms with Crippen LogP contribution in [0.25, 0.3) is 0 Å². The van der Waals surface area contributed by atoms with Crippen LogP contribution in [0.3, 0.4) is 0 Å². The molecule has 1 aliphatic carbocycles. The average molecular weight is 406 g/mol. The van der Waals surface area contributed by atoms with Crippen molar-refractivity contribution in [2.75, 3.05) is 6.61 Å². The van der Waals surface area contributed by atoms with Crippen LogP contribution in [0.1, 0.15) is 49.3 Å². The minimum absolute atomic E-state index is 0.0552. The van der Waals surface area contributed by atoms with Crippen molar-refractivity contribution in [1.29, 1.82) is 0 Å². The highest BCUT2D eigenvalue weighted by Gasteiger charge is 2.30. The number of rotatable bonds is 7. The smallest absolute Gasteiger partial charge is 0.311 e. The summed E-state index contributed by atoms with van der Waals surface area (Å²) < 4.78 is 17.3. The van der Waals surface area contributed by atoms with Gasteiger partial charge in [-0.05, 0) is 36.5 Å². The number of carbonyl (C=O) groups is 2. The summed E-state index contributed by atoms with van der Waals surface area (Å²) >= 11 is 0. The van der Waals surface area contributed by atoms with Gasteiger partial charge in [0.15, 0.2) is 18.2 Å². The minimum atomic E-state index is -0.514. The summed E-state index contributed by atoms with van der Waals surface area (Å²) in [7, 11) is 0. The minimum Gasteiger partial charge on any atom is -0.452 e. The van der Waals surface area contributed by atoms with E-state index in [1.54, 1.807) is 6.08 Å². The zero-order chi connectivity index (χ0) is 20.8. The fourth-order valence-corrected chi connectivity index (χ4v) is 3.86. The Labute approximate surface area is 176 Å². The van der Waals surface area contributed by atoms with Crippen molar-refractivity contribution in [3.05, 3.63) is 83.4 Å². The third-order valence-electron chi connectivity index (χ3n) is 5.39. The van der Waals surface area contributed by atoms with Crippen LogP contribution in [-0.4, -0.2) is 30.8 Å². The van der Waals surface area contributed by atoms with E-state index in [4.69, 9.17) is 14.2 Å². The monoisotopic (exact) mass is 406 g/mol. The van der Waals surface area contributed by atoms with E-state index in [9.17, 15) is 9.59 Å². The topological polar surface area (TPSA) is 61.8 Å². The zero-order valence-corrected chi connectivity index (χ0v) is 16.9. The largest absolute Gasteiger partial charge is 0.452 e. The highest BCUT2D eigenvalue weighted by atomic mass is 16.7. The highest BCUT2D eigenvalue weighted by molar-refractivity contribution is 6.01. The van der Waals surface area contributed by atoms with Gasteiger partial charge in [0.05, 0.1) is 12.5 Å². The second-order valence-corrected chi connectivity index (χ2v) is 7.66. The number of Topliss-reactive ketones (excluding diaryl/α,β-unsaturated/α-hetero) is 1. The van der Waals surface area contributed by atoms with E-state index in [0.717, 1.165) is 30.4 Å². The predicted molar refractivity (Wildman–Crippen MR) is 112 cm³/mol. The summed E-state index contributed by atoms with van der Waals surface area (Å²) in [6.45, 7) is 0.689. The molecule has 0 spiro atoms. The summed E-state index contributed by atoms with van der Waals surface area (Å²) in [5.74, 6) is -0.495. The van der Waals surface area contributed by atoms with Crippen LogP contribution < -0.4 is 0 Å². The first kappa shape index (κ1) is 20.5. The lowest BCUT2D eigenvalue weighted by atomic mass is 10.0. The molecular formula is C25H26O5. The van der Waals surface area contributed by atoms with E-state index in [1.807, 2.05) is 60.7 Å². The van der Waals surface area contributed by atoms with E-state index in [0.29, 0.717) is 12.2 Å². The molecule has 0 bridgehead atoms. The fourth-order valence-electron chi connectivity index (χ4n) is 3.86. The maximum Gasteiger partial charge on any atom is 0.311 e. The van der Waals surface area contributed by atoms with Gasteiger partial charge in [-0.2, -0.15) is 0 Å². The normalized spacial score (nSPS) is 21.5. The van der Waals surface area contributed by atoms with E-state index in [1.165, 1.54) is 0 Å². The molecule has 30 heavy (non-hydrogen) atoms. The van der Waals surface area contributed by atoms with Crippen LogP contribution in [0.2, 0.25) is 0 Å². The zero-order valence-electron chi connectivity index (χ0n) is 16.9. The van der Waals surface area contributed by atoms with Gasteiger partial charge in [0.1, 0.15) is 0 Å². The second-order valence-electron chi connectivity index (χ2n) is 7.66. The van der Waals surface area contributed by atoms with Crippen molar-refractivity contribution in [3.8, 4) is 0 Å². The van der Waals surface area contributed by atoms with Crippen LogP contribution in [0.15, 0.2) is 72.3 Å². The first-order chi connectivity index (χ1) is 14.7. The first-order valence-electron chi connectivity index (χ1n) is 10.5. The maximum absolute atomic E-state index is 12.7. The van der Waals surface area contributed by atoms with E-state index < -0.39 is 12.1 Å². The van der Waals surface area contributed by atoms with Crippen molar-refractivity contribution in [1.82, 2.24) is 0 Å². The van der Waals surface area contributed by atoms with Crippen LogP contribution in [0.4, 0.5) is 0 Å². The molecule has 1 saturated heterocycles. The lowest BCUT2D eigenvalue weighted by Gasteiger charge is -2.24. The number of hydrogen-bond donors (Lipinski definition) is 0. The number of ether oxygens (including phenoxy) is 3. The summed E-state index contributed by atoms with van der Waals surface area (Å²) in [5.41, 5.74) is 2.24. The molecule has 1 unspecified atom stereocenters. The van der Waals surface area contributed by atoms with Gasteiger partial charge >= 0.3 is 5.97 Å². The van der Waals surface area contributed by atoms with Crippen LogP contribution in [-0.2, 0) is 23.8 Å². The molecule has 5 nitrogen and oxygen atoms in total. The number of carbonyl (C=O) groups excluding carboxylic acids is 2. The number of benzene rings is 2. The Morgan fingerprint density at radius 3 is 2.27 bits per heavy atom. The molecular weight excluding hydrogens is 380 g/mol. The van der Waals surface area contributed by atoms with Crippen LogP contribution in [0.5, 0.6) is 0 Å². The predicted octanol–water partition coefficient (Wildman–Crippen LogP) is 4.52. The molecule has 1 fully saturated rings. The van der Waals surface area contributed by atoms with Crippen molar-refractivity contribution in [2.24, 2.45) is 0 Å². The molecule has 2 aromatic carbocycles. The van der Waals surface area contributed by atoms with Crippen molar-refractivity contribution >= 4 is 11.8 Å². The molecule has 0 radical (unpaired) electrons. The third kappa shape index (κ3) is 5.23. The maximum atomic E-state index is 12.7. The lowest BCUT2D eigenvalue weighted by molar-refractivity contribution is -0.178. The average Bonchev–Trinajstić information content (AvgIpc) is 3.12. The Morgan fingerprint density at radius 1 is 1.00 bits per heavy atom. The Morgan fingerprint density at radius 2 is 1.67 bits per heavy atom. The number of hydrogen-bond acceptors (Lipinski definition) is 5. The lowest BCUT2D eigenvalue weighted by Crippen LogP contribution is -2.26. The summed E-state index contributed by atoms with van der Waals surface area (Å²) in [6, 6.07) is 19.2. The molecule has 0 aromatic heterocycles. The van der Waals surface area contributed by atoms with Gasteiger partial charge in [0.2, 0.25) is 0 Å². The van der Waals surface area contributed by atoms with Crippen LogP contribution in [0, 0.1) is 0 Å². The molecule has 2 aliphatic rings.